The highest BCUT2D eigenvalue weighted by molar-refractivity contribution is 8.00. The second-order valence-corrected chi connectivity index (χ2v) is 4.96. The zero-order chi connectivity index (χ0) is 10.7. The summed E-state index contributed by atoms with van der Waals surface area (Å²) in [6.45, 7) is 0.945. The van der Waals surface area contributed by atoms with Gasteiger partial charge in [0.25, 0.3) is 0 Å². The molecule has 1 aliphatic carbocycles. The molecule has 0 unspecified atom stereocenters. The van der Waals surface area contributed by atoms with Gasteiger partial charge in [-0.05, 0) is 19.1 Å². The van der Waals surface area contributed by atoms with Crippen molar-refractivity contribution < 1.29 is 4.74 Å². The van der Waals surface area contributed by atoms with Crippen molar-refractivity contribution in [2.45, 2.75) is 17.6 Å². The van der Waals surface area contributed by atoms with Crippen LogP contribution in [-0.4, -0.2) is 34.6 Å². The number of hydrogen-bond donors (Lipinski definition) is 1. The number of hydrogen-bond acceptors (Lipinski definition) is 5. The lowest BCUT2D eigenvalue weighted by Gasteiger charge is -2.12. The third-order valence-corrected chi connectivity index (χ3v) is 4.09. The first-order valence-electron chi connectivity index (χ1n) is 4.93. The van der Waals surface area contributed by atoms with E-state index in [0.29, 0.717) is 16.4 Å². The van der Waals surface area contributed by atoms with Crippen LogP contribution in [0.15, 0.2) is 12.4 Å². The second-order valence-electron chi connectivity index (χ2n) is 3.69. The van der Waals surface area contributed by atoms with Gasteiger partial charge in [0.05, 0.1) is 19.5 Å². The molecule has 1 aromatic heterocycles. The predicted octanol–water partition coefficient (Wildman–Crippen LogP) is 1.79. The van der Waals surface area contributed by atoms with Crippen LogP contribution in [0, 0.1) is 0 Å². The molecule has 1 aliphatic rings. The molecule has 2 rings (SSSR count). The molecule has 82 valence electrons. The normalized spacial score (nSPS) is 17.2. The lowest BCUT2D eigenvalue weighted by atomic mass is 10.4. The Balaban J connectivity index is 1.88. The smallest absolute Gasteiger partial charge is 0.222 e. The average molecular weight is 225 g/mol. The summed E-state index contributed by atoms with van der Waals surface area (Å²) in [6.07, 6.45) is 8.08. The SMILES string of the molecule is COc1cnc(NCC2(SC)CC2)nc1. The summed E-state index contributed by atoms with van der Waals surface area (Å²) in [5.74, 6) is 1.36. The highest BCUT2D eigenvalue weighted by atomic mass is 32.2. The van der Waals surface area contributed by atoms with Crippen LogP contribution in [0.25, 0.3) is 0 Å². The Morgan fingerprint density at radius 1 is 1.47 bits per heavy atom. The summed E-state index contributed by atoms with van der Waals surface area (Å²) in [7, 11) is 1.61. The van der Waals surface area contributed by atoms with Gasteiger partial charge in [0.2, 0.25) is 5.95 Å². The van der Waals surface area contributed by atoms with Crippen LogP contribution >= 0.6 is 11.8 Å². The van der Waals surface area contributed by atoms with Gasteiger partial charge in [-0.1, -0.05) is 0 Å². The minimum absolute atomic E-state index is 0.434. The fraction of sp³-hybridized carbons (Fsp3) is 0.600. The van der Waals surface area contributed by atoms with E-state index in [1.807, 2.05) is 11.8 Å². The summed E-state index contributed by atoms with van der Waals surface area (Å²) in [5.41, 5.74) is 0. The van der Waals surface area contributed by atoms with Crippen molar-refractivity contribution in [2.75, 3.05) is 25.2 Å². The van der Waals surface area contributed by atoms with E-state index < -0.39 is 0 Å². The molecule has 1 aromatic rings. The Morgan fingerprint density at radius 3 is 2.60 bits per heavy atom. The van der Waals surface area contributed by atoms with Crippen molar-refractivity contribution in [3.8, 4) is 5.75 Å². The maximum absolute atomic E-state index is 4.99. The van der Waals surface area contributed by atoms with Gasteiger partial charge in [0.1, 0.15) is 0 Å². The number of anilines is 1. The maximum atomic E-state index is 4.99. The van der Waals surface area contributed by atoms with E-state index in [4.69, 9.17) is 4.74 Å². The highest BCUT2D eigenvalue weighted by Crippen LogP contribution is 2.46. The van der Waals surface area contributed by atoms with Crippen molar-refractivity contribution in [3.63, 3.8) is 0 Å². The largest absolute Gasteiger partial charge is 0.494 e. The minimum Gasteiger partial charge on any atom is -0.494 e. The Hall–Kier alpha value is -0.970. The molecule has 1 fully saturated rings. The first kappa shape index (κ1) is 10.5. The lowest BCUT2D eigenvalue weighted by molar-refractivity contribution is 0.411. The van der Waals surface area contributed by atoms with E-state index >= 15 is 0 Å². The average Bonchev–Trinajstić information content (AvgIpc) is 3.08. The van der Waals surface area contributed by atoms with Gasteiger partial charge in [-0.25, -0.2) is 9.97 Å². The zero-order valence-corrected chi connectivity index (χ0v) is 9.80. The van der Waals surface area contributed by atoms with Crippen molar-refractivity contribution >= 4 is 17.7 Å². The van der Waals surface area contributed by atoms with E-state index in [0.717, 1.165) is 6.54 Å². The van der Waals surface area contributed by atoms with Crippen LogP contribution in [0.4, 0.5) is 5.95 Å². The van der Waals surface area contributed by atoms with Crippen molar-refractivity contribution in [3.05, 3.63) is 12.4 Å². The molecule has 0 aromatic carbocycles. The molecule has 5 heteroatoms. The number of nitrogens with one attached hydrogen (secondary N) is 1. The molecule has 0 amide bonds. The minimum atomic E-state index is 0.434. The van der Waals surface area contributed by atoms with Gasteiger partial charge in [-0.2, -0.15) is 11.8 Å². The van der Waals surface area contributed by atoms with Gasteiger partial charge >= 0.3 is 0 Å². The molecule has 0 aliphatic heterocycles. The van der Waals surface area contributed by atoms with Crippen LogP contribution in [0.2, 0.25) is 0 Å². The van der Waals surface area contributed by atoms with Gasteiger partial charge in [-0.15, -0.1) is 0 Å². The van der Waals surface area contributed by atoms with Gasteiger partial charge in [0.15, 0.2) is 5.75 Å². The molecule has 1 N–H and O–H groups in total. The van der Waals surface area contributed by atoms with Gasteiger partial charge < -0.3 is 10.1 Å². The van der Waals surface area contributed by atoms with E-state index in [2.05, 4.69) is 21.5 Å². The Morgan fingerprint density at radius 2 is 2.13 bits per heavy atom. The molecular weight excluding hydrogens is 210 g/mol. The van der Waals surface area contributed by atoms with E-state index in [-0.39, 0.29) is 0 Å². The van der Waals surface area contributed by atoms with Gasteiger partial charge in [-0.3, -0.25) is 0 Å². The maximum Gasteiger partial charge on any atom is 0.222 e. The summed E-state index contributed by atoms with van der Waals surface area (Å²) in [6, 6.07) is 0. The van der Waals surface area contributed by atoms with Crippen molar-refractivity contribution in [2.24, 2.45) is 0 Å². The van der Waals surface area contributed by atoms with Crippen LogP contribution in [0.3, 0.4) is 0 Å². The Labute approximate surface area is 93.8 Å². The lowest BCUT2D eigenvalue weighted by Crippen LogP contribution is -2.18. The summed E-state index contributed by atoms with van der Waals surface area (Å²) >= 11 is 1.92. The fourth-order valence-electron chi connectivity index (χ4n) is 1.35. The molecule has 1 saturated carbocycles. The standard InChI is InChI=1S/C10H15N3OS/c1-14-8-5-11-9(12-6-8)13-7-10(15-2)3-4-10/h5-6H,3-4,7H2,1-2H3,(H,11,12,13). The number of nitrogens with zero attached hydrogens (tertiary/aromatic N) is 2. The van der Waals surface area contributed by atoms with Crippen LogP contribution in [-0.2, 0) is 0 Å². The first-order valence-corrected chi connectivity index (χ1v) is 6.15. The quantitative estimate of drug-likeness (QED) is 0.828. The zero-order valence-electron chi connectivity index (χ0n) is 8.99. The fourth-order valence-corrected chi connectivity index (χ4v) is 2.07. The van der Waals surface area contributed by atoms with Crippen LogP contribution < -0.4 is 10.1 Å². The summed E-state index contributed by atoms with van der Waals surface area (Å²) in [5, 5.41) is 3.25. The summed E-state index contributed by atoms with van der Waals surface area (Å²) < 4.78 is 5.43. The third-order valence-electron chi connectivity index (χ3n) is 2.67. The van der Waals surface area contributed by atoms with Gasteiger partial charge in [0, 0.05) is 11.3 Å². The number of thioether (sulfide) groups is 1. The van der Waals surface area contributed by atoms with E-state index in [9.17, 15) is 0 Å². The first-order chi connectivity index (χ1) is 7.28. The molecule has 0 atom stereocenters. The number of methoxy groups -OCH3 is 1. The highest BCUT2D eigenvalue weighted by Gasteiger charge is 2.41. The molecule has 1 heterocycles. The number of rotatable bonds is 5. The molecule has 4 nitrogen and oxygen atoms in total. The molecule has 15 heavy (non-hydrogen) atoms. The molecule has 0 radical (unpaired) electrons. The van der Waals surface area contributed by atoms with E-state index in [1.54, 1.807) is 19.5 Å². The molecule has 0 saturated heterocycles. The van der Waals surface area contributed by atoms with Crippen LogP contribution in [0.1, 0.15) is 12.8 Å². The predicted molar refractivity (Wildman–Crippen MR) is 62.6 cm³/mol. The Kier molecular flexibility index (Phi) is 3.00. The number of ether oxygens (including phenoxy) is 1. The second kappa shape index (κ2) is 4.26. The van der Waals surface area contributed by atoms with Crippen molar-refractivity contribution in [1.82, 2.24) is 9.97 Å². The topological polar surface area (TPSA) is 47.0 Å². The molecular formula is C10H15N3OS. The molecule has 0 spiro atoms. The van der Waals surface area contributed by atoms with E-state index in [1.165, 1.54) is 12.8 Å². The third kappa shape index (κ3) is 2.53. The van der Waals surface area contributed by atoms with Crippen molar-refractivity contribution in [1.29, 1.82) is 0 Å². The monoisotopic (exact) mass is 225 g/mol. The summed E-state index contributed by atoms with van der Waals surface area (Å²) in [4.78, 5) is 8.32. The number of aromatic nitrogens is 2. The Bertz CT molecular complexity index is 324. The molecule has 0 bridgehead atoms. The van der Waals surface area contributed by atoms with Crippen LogP contribution in [0.5, 0.6) is 5.75 Å².